The summed E-state index contributed by atoms with van der Waals surface area (Å²) in [6.07, 6.45) is 0.467. The largest absolute Gasteiger partial charge is 0.368 e. The van der Waals surface area contributed by atoms with E-state index in [1.807, 2.05) is 35.2 Å². The summed E-state index contributed by atoms with van der Waals surface area (Å²) in [4.78, 5) is 28.2. The lowest BCUT2D eigenvalue weighted by molar-refractivity contribution is -0.130. The molecule has 0 spiro atoms. The Hall–Kier alpha value is -2.62. The predicted molar refractivity (Wildman–Crippen MR) is 105 cm³/mol. The molecule has 2 aromatic carbocycles. The molecule has 0 unspecified atom stereocenters. The van der Waals surface area contributed by atoms with Crippen molar-refractivity contribution < 1.29 is 9.59 Å². The molecule has 1 saturated heterocycles. The average Bonchev–Trinajstić information content (AvgIpc) is 2.65. The lowest BCUT2D eigenvalue weighted by atomic mass is 10.0. The number of aryl methyl sites for hydroxylation is 2. The molecule has 3 rings (SSSR count). The van der Waals surface area contributed by atoms with Gasteiger partial charge in [0.1, 0.15) is 0 Å². The number of rotatable bonds is 4. The molecule has 1 heterocycles. The number of hydrogen-bond acceptors (Lipinski definition) is 3. The SMILES string of the molecule is CC(=O)c1ccc(N2CCN(C(=O)Cc3ccc(C)c(C)c3)CC2)cc1. The standard InChI is InChI=1S/C22H26N2O2/c1-16-4-5-19(14-17(16)2)15-22(26)24-12-10-23(11-13-24)21-8-6-20(7-9-21)18(3)25/h4-9,14H,10-13,15H2,1-3H3. The number of benzene rings is 2. The summed E-state index contributed by atoms with van der Waals surface area (Å²) in [5.74, 6) is 0.276. The van der Waals surface area contributed by atoms with Crippen LogP contribution in [0.25, 0.3) is 0 Å². The quantitative estimate of drug-likeness (QED) is 0.794. The van der Waals surface area contributed by atoms with Crippen molar-refractivity contribution in [2.75, 3.05) is 31.1 Å². The van der Waals surface area contributed by atoms with Crippen molar-refractivity contribution in [2.24, 2.45) is 0 Å². The van der Waals surface area contributed by atoms with Crippen LogP contribution in [-0.4, -0.2) is 42.8 Å². The third-order valence-electron chi connectivity index (χ3n) is 5.20. The van der Waals surface area contributed by atoms with Crippen LogP contribution in [-0.2, 0) is 11.2 Å². The number of carbonyl (C=O) groups is 2. The third-order valence-corrected chi connectivity index (χ3v) is 5.20. The molecular weight excluding hydrogens is 324 g/mol. The second-order valence-electron chi connectivity index (χ2n) is 7.07. The van der Waals surface area contributed by atoms with Gasteiger partial charge in [0.2, 0.25) is 5.91 Å². The lowest BCUT2D eigenvalue weighted by Crippen LogP contribution is -2.49. The Morgan fingerprint density at radius 2 is 1.54 bits per heavy atom. The first kappa shape index (κ1) is 18.2. The number of amides is 1. The van der Waals surface area contributed by atoms with E-state index in [0.717, 1.165) is 43.0 Å². The van der Waals surface area contributed by atoms with E-state index in [9.17, 15) is 9.59 Å². The molecule has 0 radical (unpaired) electrons. The van der Waals surface area contributed by atoms with Crippen LogP contribution in [0, 0.1) is 13.8 Å². The van der Waals surface area contributed by atoms with Crippen molar-refractivity contribution in [1.82, 2.24) is 4.90 Å². The zero-order valence-electron chi connectivity index (χ0n) is 15.8. The Balaban J connectivity index is 1.56. The monoisotopic (exact) mass is 350 g/mol. The first-order valence-corrected chi connectivity index (χ1v) is 9.14. The molecule has 26 heavy (non-hydrogen) atoms. The van der Waals surface area contributed by atoms with Gasteiger partial charge in [-0.05, 0) is 61.7 Å². The second kappa shape index (κ2) is 7.73. The number of nitrogens with zero attached hydrogens (tertiary/aromatic N) is 2. The van der Waals surface area contributed by atoms with Crippen LogP contribution in [0.15, 0.2) is 42.5 Å². The van der Waals surface area contributed by atoms with Gasteiger partial charge in [-0.25, -0.2) is 0 Å². The van der Waals surface area contributed by atoms with Crippen LogP contribution >= 0.6 is 0 Å². The minimum Gasteiger partial charge on any atom is -0.368 e. The van der Waals surface area contributed by atoms with E-state index in [1.54, 1.807) is 6.92 Å². The summed E-state index contributed by atoms with van der Waals surface area (Å²) in [6.45, 7) is 8.85. The lowest BCUT2D eigenvalue weighted by Gasteiger charge is -2.36. The zero-order valence-corrected chi connectivity index (χ0v) is 15.8. The maximum atomic E-state index is 12.6. The minimum absolute atomic E-state index is 0.0818. The number of ketones is 1. The van der Waals surface area contributed by atoms with Crippen molar-refractivity contribution in [3.8, 4) is 0 Å². The molecule has 2 aromatic rings. The molecule has 0 N–H and O–H groups in total. The van der Waals surface area contributed by atoms with Crippen LogP contribution in [0.1, 0.15) is 34.0 Å². The van der Waals surface area contributed by atoms with Crippen LogP contribution in [0.4, 0.5) is 5.69 Å². The first-order valence-electron chi connectivity index (χ1n) is 9.14. The van der Waals surface area contributed by atoms with E-state index in [2.05, 4.69) is 30.9 Å². The van der Waals surface area contributed by atoms with Gasteiger partial charge in [-0.2, -0.15) is 0 Å². The van der Waals surface area contributed by atoms with E-state index < -0.39 is 0 Å². The van der Waals surface area contributed by atoms with E-state index in [1.165, 1.54) is 11.1 Å². The molecule has 1 aliphatic heterocycles. The molecule has 0 aliphatic carbocycles. The van der Waals surface area contributed by atoms with Gasteiger partial charge in [0.15, 0.2) is 5.78 Å². The van der Waals surface area contributed by atoms with Gasteiger partial charge < -0.3 is 9.80 Å². The van der Waals surface area contributed by atoms with Crippen molar-refractivity contribution in [2.45, 2.75) is 27.2 Å². The highest BCUT2D eigenvalue weighted by molar-refractivity contribution is 5.94. The Bertz CT molecular complexity index is 803. The summed E-state index contributed by atoms with van der Waals surface area (Å²) in [5, 5.41) is 0. The highest BCUT2D eigenvalue weighted by Gasteiger charge is 2.21. The fourth-order valence-corrected chi connectivity index (χ4v) is 3.32. The molecule has 1 amide bonds. The average molecular weight is 350 g/mol. The molecule has 4 heteroatoms. The van der Waals surface area contributed by atoms with Gasteiger partial charge in [0.25, 0.3) is 0 Å². The van der Waals surface area contributed by atoms with Crippen molar-refractivity contribution in [1.29, 1.82) is 0 Å². The van der Waals surface area contributed by atoms with Crippen LogP contribution < -0.4 is 4.90 Å². The molecular formula is C22H26N2O2. The van der Waals surface area contributed by atoms with Gasteiger partial charge in [0, 0.05) is 37.4 Å². The van der Waals surface area contributed by atoms with Gasteiger partial charge in [0.05, 0.1) is 6.42 Å². The number of carbonyl (C=O) groups excluding carboxylic acids is 2. The van der Waals surface area contributed by atoms with Crippen molar-refractivity contribution in [3.05, 3.63) is 64.7 Å². The molecule has 0 saturated carbocycles. The number of Topliss-reactive ketones (excluding diaryl/α,β-unsaturated/α-hetero) is 1. The maximum Gasteiger partial charge on any atom is 0.227 e. The molecule has 1 fully saturated rings. The summed E-state index contributed by atoms with van der Waals surface area (Å²) in [5.41, 5.74) is 5.41. The van der Waals surface area contributed by atoms with Crippen LogP contribution in [0.5, 0.6) is 0 Å². The predicted octanol–water partition coefficient (Wildman–Crippen LogP) is 3.40. The molecule has 0 atom stereocenters. The van der Waals surface area contributed by atoms with Crippen LogP contribution in [0.3, 0.4) is 0 Å². The normalized spacial score (nSPS) is 14.4. The maximum absolute atomic E-state index is 12.6. The zero-order chi connectivity index (χ0) is 18.7. The third kappa shape index (κ3) is 4.13. The molecule has 1 aliphatic rings. The van der Waals surface area contributed by atoms with E-state index in [0.29, 0.717) is 6.42 Å². The first-order chi connectivity index (χ1) is 12.4. The molecule has 0 aromatic heterocycles. The van der Waals surface area contributed by atoms with E-state index >= 15 is 0 Å². The number of anilines is 1. The van der Waals surface area contributed by atoms with E-state index in [-0.39, 0.29) is 11.7 Å². The van der Waals surface area contributed by atoms with Gasteiger partial charge in [-0.15, -0.1) is 0 Å². The summed E-state index contributed by atoms with van der Waals surface area (Å²) in [7, 11) is 0. The minimum atomic E-state index is 0.0818. The fourth-order valence-electron chi connectivity index (χ4n) is 3.32. The van der Waals surface area contributed by atoms with Crippen molar-refractivity contribution in [3.63, 3.8) is 0 Å². The van der Waals surface area contributed by atoms with Gasteiger partial charge in [-0.1, -0.05) is 18.2 Å². The highest BCUT2D eigenvalue weighted by Crippen LogP contribution is 2.18. The van der Waals surface area contributed by atoms with Crippen molar-refractivity contribution >= 4 is 17.4 Å². The molecule has 4 nitrogen and oxygen atoms in total. The molecule has 136 valence electrons. The Morgan fingerprint density at radius 1 is 0.885 bits per heavy atom. The second-order valence-corrected chi connectivity index (χ2v) is 7.07. The Morgan fingerprint density at radius 3 is 2.12 bits per heavy atom. The van der Waals surface area contributed by atoms with Crippen LogP contribution in [0.2, 0.25) is 0 Å². The fraction of sp³-hybridized carbons (Fsp3) is 0.364. The molecule has 0 bridgehead atoms. The smallest absolute Gasteiger partial charge is 0.227 e. The Labute approximate surface area is 155 Å². The topological polar surface area (TPSA) is 40.6 Å². The van der Waals surface area contributed by atoms with Gasteiger partial charge >= 0.3 is 0 Å². The highest BCUT2D eigenvalue weighted by atomic mass is 16.2. The number of piperazine rings is 1. The number of hydrogen-bond donors (Lipinski definition) is 0. The Kier molecular flexibility index (Phi) is 5.40. The summed E-state index contributed by atoms with van der Waals surface area (Å²) >= 11 is 0. The van der Waals surface area contributed by atoms with Gasteiger partial charge in [-0.3, -0.25) is 9.59 Å². The van der Waals surface area contributed by atoms with E-state index in [4.69, 9.17) is 0 Å². The summed E-state index contributed by atoms with van der Waals surface area (Å²) in [6, 6.07) is 14.0. The summed E-state index contributed by atoms with van der Waals surface area (Å²) < 4.78 is 0.